The maximum atomic E-state index is 13.2. The highest BCUT2D eigenvalue weighted by Gasteiger charge is 2.28. The lowest BCUT2D eigenvalue weighted by Gasteiger charge is -2.15. The van der Waals surface area contributed by atoms with Crippen LogP contribution in [0, 0.1) is 6.92 Å². The zero-order valence-electron chi connectivity index (χ0n) is 18.0. The van der Waals surface area contributed by atoms with Gasteiger partial charge in [-0.25, -0.2) is 9.78 Å². The molecule has 0 radical (unpaired) electrons. The number of amides is 1. The van der Waals surface area contributed by atoms with Gasteiger partial charge in [0, 0.05) is 10.3 Å². The number of nitrogens with one attached hydrogen (secondary N) is 1. The van der Waals surface area contributed by atoms with E-state index in [2.05, 4.69) is 18.3 Å². The number of hydrogen-bond donors (Lipinski definition) is 1. The predicted octanol–water partition coefficient (Wildman–Crippen LogP) is 5.78. The standard InChI is InChI=1S/C24H26N2O3S2/c1-4-18(30-20-13-14(2)15-9-5-7-11-17(15)25-20)22(27)26-23-21(24(28)29-3)16-10-6-8-12-19(16)31-23/h5,7,9,11,13,18H,4,6,8,10,12H2,1-3H3,(H,26,27). The molecule has 1 unspecified atom stereocenters. The Morgan fingerprint density at radius 1 is 1.26 bits per heavy atom. The molecule has 7 heteroatoms. The number of anilines is 1. The molecule has 3 aromatic rings. The number of benzene rings is 1. The van der Waals surface area contributed by atoms with Gasteiger partial charge in [-0.05, 0) is 62.3 Å². The van der Waals surface area contributed by atoms with E-state index in [0.717, 1.165) is 52.7 Å². The number of aryl methyl sites for hydroxylation is 2. The van der Waals surface area contributed by atoms with E-state index in [4.69, 9.17) is 9.72 Å². The number of esters is 1. The van der Waals surface area contributed by atoms with Crippen LogP contribution >= 0.6 is 23.1 Å². The van der Waals surface area contributed by atoms with Crippen LogP contribution in [0.1, 0.15) is 52.5 Å². The number of carbonyl (C=O) groups is 2. The van der Waals surface area contributed by atoms with Gasteiger partial charge in [0.25, 0.3) is 0 Å². The van der Waals surface area contributed by atoms with Crippen LogP contribution in [0.2, 0.25) is 0 Å². The number of thiophene rings is 1. The lowest BCUT2D eigenvalue weighted by molar-refractivity contribution is -0.115. The second-order valence-corrected chi connectivity index (χ2v) is 10.0. The molecule has 1 N–H and O–H groups in total. The molecule has 1 aliphatic carbocycles. The topological polar surface area (TPSA) is 68.3 Å². The van der Waals surface area contributed by atoms with Crippen molar-refractivity contribution in [2.45, 2.75) is 56.2 Å². The second kappa shape index (κ2) is 9.40. The molecule has 2 heterocycles. The van der Waals surface area contributed by atoms with Crippen molar-refractivity contribution in [3.05, 3.63) is 51.9 Å². The summed E-state index contributed by atoms with van der Waals surface area (Å²) in [6, 6.07) is 10.1. The summed E-state index contributed by atoms with van der Waals surface area (Å²) in [5, 5.41) is 5.30. The van der Waals surface area contributed by atoms with Crippen LogP contribution in [0.15, 0.2) is 35.4 Å². The van der Waals surface area contributed by atoms with Crippen LogP contribution < -0.4 is 5.32 Å². The summed E-state index contributed by atoms with van der Waals surface area (Å²) in [6.45, 7) is 4.06. The molecular weight excluding hydrogens is 428 g/mol. The third-order valence-electron chi connectivity index (χ3n) is 5.62. The molecule has 1 aromatic carbocycles. The van der Waals surface area contributed by atoms with Gasteiger partial charge in [0.15, 0.2) is 0 Å². The van der Waals surface area contributed by atoms with E-state index in [1.165, 1.54) is 35.1 Å². The smallest absolute Gasteiger partial charge is 0.341 e. The molecule has 4 rings (SSSR count). The van der Waals surface area contributed by atoms with Crippen molar-refractivity contribution in [1.29, 1.82) is 0 Å². The SMILES string of the molecule is CCC(Sc1cc(C)c2ccccc2n1)C(=O)Nc1sc2c(c1C(=O)OC)CCCC2. The minimum absolute atomic E-state index is 0.108. The molecule has 2 aromatic heterocycles. The molecule has 162 valence electrons. The van der Waals surface area contributed by atoms with Crippen molar-refractivity contribution < 1.29 is 14.3 Å². The zero-order valence-corrected chi connectivity index (χ0v) is 19.6. The van der Waals surface area contributed by atoms with Gasteiger partial charge in [0.2, 0.25) is 5.91 Å². The highest BCUT2D eigenvalue weighted by Crippen LogP contribution is 2.39. The van der Waals surface area contributed by atoms with Crippen LogP contribution in [0.4, 0.5) is 5.00 Å². The van der Waals surface area contributed by atoms with E-state index < -0.39 is 0 Å². The number of para-hydroxylation sites is 1. The fourth-order valence-electron chi connectivity index (χ4n) is 4.01. The van der Waals surface area contributed by atoms with Gasteiger partial charge < -0.3 is 10.1 Å². The number of fused-ring (bicyclic) bond motifs is 2. The first kappa shape index (κ1) is 21.8. The molecule has 1 amide bonds. The summed E-state index contributed by atoms with van der Waals surface area (Å²) in [7, 11) is 1.39. The zero-order chi connectivity index (χ0) is 22.0. The third kappa shape index (κ3) is 4.48. The second-order valence-electron chi connectivity index (χ2n) is 7.71. The quantitative estimate of drug-likeness (QED) is 0.378. The first-order chi connectivity index (χ1) is 15.0. The molecule has 0 saturated carbocycles. The molecule has 0 bridgehead atoms. The molecule has 1 aliphatic rings. The first-order valence-corrected chi connectivity index (χ1v) is 12.3. The van der Waals surface area contributed by atoms with Gasteiger partial charge in [-0.2, -0.15) is 0 Å². The third-order valence-corrected chi connectivity index (χ3v) is 8.11. The van der Waals surface area contributed by atoms with E-state index in [-0.39, 0.29) is 17.1 Å². The van der Waals surface area contributed by atoms with Gasteiger partial charge in [0.05, 0.1) is 28.5 Å². The molecule has 0 fully saturated rings. The Morgan fingerprint density at radius 3 is 2.81 bits per heavy atom. The Hall–Kier alpha value is -2.38. The van der Waals surface area contributed by atoms with Crippen molar-refractivity contribution in [2.24, 2.45) is 0 Å². The van der Waals surface area contributed by atoms with Crippen molar-refractivity contribution >= 4 is 50.9 Å². The van der Waals surface area contributed by atoms with Gasteiger partial charge in [0.1, 0.15) is 5.00 Å². The maximum absolute atomic E-state index is 13.2. The van der Waals surface area contributed by atoms with Crippen LogP contribution in [0.3, 0.4) is 0 Å². The summed E-state index contributed by atoms with van der Waals surface area (Å²) in [6.07, 6.45) is 4.64. The molecule has 0 saturated heterocycles. The summed E-state index contributed by atoms with van der Waals surface area (Å²) >= 11 is 2.98. The lowest BCUT2D eigenvalue weighted by Crippen LogP contribution is -2.25. The Morgan fingerprint density at radius 2 is 2.03 bits per heavy atom. The van der Waals surface area contributed by atoms with Crippen LogP contribution in [-0.2, 0) is 22.4 Å². The molecule has 5 nitrogen and oxygen atoms in total. The van der Waals surface area contributed by atoms with Crippen molar-refractivity contribution in [3.8, 4) is 0 Å². The Bertz CT molecular complexity index is 1140. The average molecular weight is 455 g/mol. The van der Waals surface area contributed by atoms with Gasteiger partial charge >= 0.3 is 5.97 Å². The molecule has 0 spiro atoms. The van der Waals surface area contributed by atoms with E-state index in [9.17, 15) is 9.59 Å². The number of thioether (sulfide) groups is 1. The highest BCUT2D eigenvalue weighted by molar-refractivity contribution is 8.00. The monoisotopic (exact) mass is 454 g/mol. The van der Waals surface area contributed by atoms with Crippen molar-refractivity contribution in [2.75, 3.05) is 12.4 Å². The number of pyridine rings is 1. The summed E-state index contributed by atoms with van der Waals surface area (Å²) in [5.41, 5.74) is 3.66. The highest BCUT2D eigenvalue weighted by atomic mass is 32.2. The van der Waals surface area contributed by atoms with Gasteiger partial charge in [-0.3, -0.25) is 4.79 Å². The molecule has 1 atom stereocenters. The summed E-state index contributed by atoms with van der Waals surface area (Å²) in [5.74, 6) is -0.480. The summed E-state index contributed by atoms with van der Waals surface area (Å²) in [4.78, 5) is 31.6. The van der Waals surface area contributed by atoms with Crippen LogP contribution in [-0.4, -0.2) is 29.2 Å². The largest absolute Gasteiger partial charge is 0.465 e. The fraction of sp³-hybridized carbons (Fsp3) is 0.375. The van der Waals surface area contributed by atoms with E-state index in [0.29, 0.717) is 17.0 Å². The normalized spacial score (nSPS) is 14.2. The van der Waals surface area contributed by atoms with Crippen LogP contribution in [0.5, 0.6) is 0 Å². The fourth-order valence-corrected chi connectivity index (χ4v) is 6.31. The Labute approximate surface area is 190 Å². The number of carbonyl (C=O) groups excluding carboxylic acids is 2. The predicted molar refractivity (Wildman–Crippen MR) is 127 cm³/mol. The number of methoxy groups -OCH3 is 1. The minimum Gasteiger partial charge on any atom is -0.465 e. The lowest BCUT2D eigenvalue weighted by atomic mass is 9.95. The van der Waals surface area contributed by atoms with E-state index in [1.807, 2.05) is 31.2 Å². The number of ether oxygens (including phenoxy) is 1. The maximum Gasteiger partial charge on any atom is 0.341 e. The Balaban J connectivity index is 1.58. The first-order valence-electron chi connectivity index (χ1n) is 10.6. The summed E-state index contributed by atoms with van der Waals surface area (Å²) < 4.78 is 5.02. The van der Waals surface area contributed by atoms with Crippen molar-refractivity contribution in [3.63, 3.8) is 0 Å². The number of rotatable bonds is 6. The van der Waals surface area contributed by atoms with Gasteiger partial charge in [-0.1, -0.05) is 36.9 Å². The number of nitrogens with zero attached hydrogens (tertiary/aromatic N) is 1. The van der Waals surface area contributed by atoms with E-state index in [1.54, 1.807) is 0 Å². The molecule has 0 aliphatic heterocycles. The van der Waals surface area contributed by atoms with Gasteiger partial charge in [-0.15, -0.1) is 11.3 Å². The number of hydrogen-bond acceptors (Lipinski definition) is 6. The molecule has 31 heavy (non-hydrogen) atoms. The minimum atomic E-state index is -0.373. The number of aromatic nitrogens is 1. The van der Waals surface area contributed by atoms with E-state index >= 15 is 0 Å². The van der Waals surface area contributed by atoms with Crippen molar-refractivity contribution in [1.82, 2.24) is 4.98 Å². The molecular formula is C24H26N2O3S2. The average Bonchev–Trinajstić information content (AvgIpc) is 3.14. The Kier molecular flexibility index (Phi) is 6.62. The van der Waals surface area contributed by atoms with Crippen LogP contribution in [0.25, 0.3) is 10.9 Å².